The first kappa shape index (κ1) is 18.9. The lowest BCUT2D eigenvalue weighted by atomic mass is 9.93. The highest BCUT2D eigenvalue weighted by Gasteiger charge is 2.31. The number of benzene rings is 2. The summed E-state index contributed by atoms with van der Waals surface area (Å²) in [6, 6.07) is 7.37. The van der Waals surface area contributed by atoms with Crippen LogP contribution in [0.5, 0.6) is 0 Å². The molecule has 0 unspecified atom stereocenters. The molecule has 1 aromatic heterocycles. The summed E-state index contributed by atoms with van der Waals surface area (Å²) in [4.78, 5) is 30.1. The number of aromatic amines is 1. The smallest absolute Gasteiger partial charge is 0.256 e. The number of halogens is 2. The Morgan fingerprint density at radius 3 is 2.60 bits per heavy atom. The topological polar surface area (TPSA) is 65.2 Å². The number of hydrogen-bond acceptors (Lipinski definition) is 3. The average molecular weight is 409 g/mol. The van der Waals surface area contributed by atoms with Crippen LogP contribution in [-0.2, 0) is 19.4 Å². The van der Waals surface area contributed by atoms with Gasteiger partial charge in [-0.05, 0) is 60.0 Å². The number of carbonyl (C=O) groups is 1. The predicted molar refractivity (Wildman–Crippen MR) is 109 cm³/mol. The zero-order chi connectivity index (χ0) is 21.0. The van der Waals surface area contributed by atoms with Crippen LogP contribution in [0.25, 0.3) is 10.8 Å². The van der Waals surface area contributed by atoms with Gasteiger partial charge in [0.1, 0.15) is 0 Å². The Morgan fingerprint density at radius 2 is 1.80 bits per heavy atom. The monoisotopic (exact) mass is 409 g/mol. The highest BCUT2D eigenvalue weighted by Crippen LogP contribution is 2.33. The van der Waals surface area contributed by atoms with E-state index in [1.807, 2.05) is 18.2 Å². The van der Waals surface area contributed by atoms with E-state index >= 15 is 0 Å². The number of nitrogens with one attached hydrogen (secondary N) is 2. The van der Waals surface area contributed by atoms with Gasteiger partial charge in [0.25, 0.3) is 11.5 Å². The molecule has 1 amide bonds. The number of fused-ring (bicyclic) bond motifs is 4. The highest BCUT2D eigenvalue weighted by molar-refractivity contribution is 5.95. The molecule has 0 fully saturated rings. The van der Waals surface area contributed by atoms with Crippen molar-refractivity contribution in [3.05, 3.63) is 80.3 Å². The van der Waals surface area contributed by atoms with Crippen LogP contribution in [0.1, 0.15) is 45.2 Å². The number of aryl methyl sites for hydroxylation is 2. The van der Waals surface area contributed by atoms with Crippen LogP contribution in [0.2, 0.25) is 0 Å². The van der Waals surface area contributed by atoms with Crippen molar-refractivity contribution in [2.45, 2.75) is 31.8 Å². The van der Waals surface area contributed by atoms with Crippen molar-refractivity contribution in [3.63, 3.8) is 0 Å². The maximum Gasteiger partial charge on any atom is 0.256 e. The number of rotatable bonds is 2. The normalized spacial score (nSPS) is 17.6. The summed E-state index contributed by atoms with van der Waals surface area (Å²) in [7, 11) is 1.70. The molecule has 7 heteroatoms. The van der Waals surface area contributed by atoms with Crippen molar-refractivity contribution in [2.24, 2.45) is 0 Å². The van der Waals surface area contributed by atoms with Gasteiger partial charge in [-0.15, -0.1) is 0 Å². The molecule has 1 atom stereocenters. The first-order valence-corrected chi connectivity index (χ1v) is 10.1. The third-order valence-corrected chi connectivity index (χ3v) is 6.29. The maximum absolute atomic E-state index is 14.0. The molecular formula is C23H21F2N3O2. The number of aromatic nitrogens is 1. The lowest BCUT2D eigenvalue weighted by molar-refractivity contribution is 0.0723. The molecular weight excluding hydrogens is 388 g/mol. The second kappa shape index (κ2) is 7.02. The second-order valence-corrected chi connectivity index (χ2v) is 8.06. The summed E-state index contributed by atoms with van der Waals surface area (Å²) in [6.07, 6.45) is 3.12. The summed E-state index contributed by atoms with van der Waals surface area (Å²) in [5.41, 5.74) is 3.88. The lowest BCUT2D eigenvalue weighted by Gasteiger charge is -2.34. The zero-order valence-electron chi connectivity index (χ0n) is 16.5. The summed E-state index contributed by atoms with van der Waals surface area (Å²) in [5.74, 6) is -2.23. The van der Waals surface area contributed by atoms with E-state index in [9.17, 15) is 18.4 Å². The van der Waals surface area contributed by atoms with Crippen molar-refractivity contribution >= 4 is 16.7 Å². The van der Waals surface area contributed by atoms with E-state index in [4.69, 9.17) is 0 Å². The molecule has 0 saturated carbocycles. The molecule has 0 saturated heterocycles. The van der Waals surface area contributed by atoms with Crippen LogP contribution in [0.3, 0.4) is 0 Å². The summed E-state index contributed by atoms with van der Waals surface area (Å²) in [5, 5.41) is 3.63. The molecule has 2 N–H and O–H groups in total. The molecule has 1 aliphatic carbocycles. The van der Waals surface area contributed by atoms with Crippen molar-refractivity contribution in [3.8, 4) is 0 Å². The standard InChI is InChI=1S/C23H21F2N3O2/c1-28(23(30)14-6-5-12-3-2-4-13(12)7-14)20-11-26-10-19-21(20)15-8-17(24)18(25)9-16(15)22(29)27-19/h5-9,20,26H,2-4,10-11H2,1H3,(H,27,29)/t20-/m1/s1. The highest BCUT2D eigenvalue weighted by atomic mass is 19.2. The van der Waals surface area contributed by atoms with Gasteiger partial charge in [0, 0.05) is 37.0 Å². The van der Waals surface area contributed by atoms with Gasteiger partial charge in [-0.3, -0.25) is 9.59 Å². The molecule has 0 radical (unpaired) electrons. The van der Waals surface area contributed by atoms with E-state index in [1.54, 1.807) is 11.9 Å². The molecule has 2 aliphatic rings. The SMILES string of the molecule is CN(C(=O)c1ccc2c(c1)CCC2)[C@@H]1CNCc2[nH]c(=O)c3cc(F)c(F)cc3c21. The molecule has 3 aromatic rings. The van der Waals surface area contributed by atoms with Crippen LogP contribution >= 0.6 is 0 Å². The Labute approximate surface area is 171 Å². The molecule has 2 heterocycles. The van der Waals surface area contributed by atoms with Gasteiger partial charge in [-0.1, -0.05) is 6.07 Å². The fourth-order valence-corrected chi connectivity index (χ4v) is 4.73. The van der Waals surface area contributed by atoms with E-state index in [1.165, 1.54) is 11.1 Å². The maximum atomic E-state index is 14.0. The predicted octanol–water partition coefficient (Wildman–Crippen LogP) is 3.21. The Morgan fingerprint density at radius 1 is 1.07 bits per heavy atom. The molecule has 2 aromatic carbocycles. The number of H-pyrrole nitrogens is 1. The minimum atomic E-state index is -1.07. The van der Waals surface area contributed by atoms with Gasteiger partial charge in [-0.25, -0.2) is 8.78 Å². The first-order valence-electron chi connectivity index (χ1n) is 10.1. The second-order valence-electron chi connectivity index (χ2n) is 8.06. The number of hydrogen-bond donors (Lipinski definition) is 2. The molecule has 30 heavy (non-hydrogen) atoms. The number of nitrogens with zero attached hydrogens (tertiary/aromatic N) is 1. The van der Waals surface area contributed by atoms with E-state index in [-0.39, 0.29) is 11.3 Å². The quantitative estimate of drug-likeness (QED) is 0.683. The molecule has 0 spiro atoms. The fraction of sp³-hybridized carbons (Fsp3) is 0.304. The summed E-state index contributed by atoms with van der Waals surface area (Å²) >= 11 is 0. The van der Waals surface area contributed by atoms with Gasteiger partial charge in [0.05, 0.1) is 11.4 Å². The lowest BCUT2D eigenvalue weighted by Crippen LogP contribution is -2.42. The van der Waals surface area contributed by atoms with Gasteiger partial charge >= 0.3 is 0 Å². The third-order valence-electron chi connectivity index (χ3n) is 6.29. The van der Waals surface area contributed by atoms with Crippen LogP contribution in [0.15, 0.2) is 35.1 Å². The van der Waals surface area contributed by atoms with Crippen LogP contribution in [0, 0.1) is 11.6 Å². The molecule has 5 nitrogen and oxygen atoms in total. The Kier molecular flexibility index (Phi) is 4.43. The number of amides is 1. The molecule has 5 rings (SSSR count). The summed E-state index contributed by atoms with van der Waals surface area (Å²) in [6.45, 7) is 0.831. The van der Waals surface area contributed by atoms with Crippen LogP contribution < -0.4 is 10.9 Å². The van der Waals surface area contributed by atoms with Crippen LogP contribution in [0.4, 0.5) is 8.78 Å². The van der Waals surface area contributed by atoms with E-state index in [0.29, 0.717) is 35.3 Å². The van der Waals surface area contributed by atoms with Crippen molar-refractivity contribution in [1.82, 2.24) is 15.2 Å². The van der Waals surface area contributed by atoms with Crippen molar-refractivity contribution < 1.29 is 13.6 Å². The van der Waals surface area contributed by atoms with Gasteiger partial charge < -0.3 is 15.2 Å². The summed E-state index contributed by atoms with van der Waals surface area (Å²) < 4.78 is 27.8. The number of likely N-dealkylation sites (N-methyl/N-ethyl adjacent to an activating group) is 1. The number of pyridine rings is 1. The average Bonchev–Trinajstić information content (AvgIpc) is 3.21. The third kappa shape index (κ3) is 2.92. The Bertz CT molecular complexity index is 1250. The van der Waals surface area contributed by atoms with E-state index in [0.717, 1.165) is 31.4 Å². The van der Waals surface area contributed by atoms with Gasteiger partial charge in [0.15, 0.2) is 11.6 Å². The minimum absolute atomic E-state index is 0.0814. The largest absolute Gasteiger partial charge is 0.333 e. The minimum Gasteiger partial charge on any atom is -0.333 e. The number of carbonyl (C=O) groups excluding carboxylic acids is 1. The van der Waals surface area contributed by atoms with Crippen molar-refractivity contribution in [2.75, 3.05) is 13.6 Å². The molecule has 1 aliphatic heterocycles. The zero-order valence-corrected chi connectivity index (χ0v) is 16.5. The van der Waals surface area contributed by atoms with Crippen molar-refractivity contribution in [1.29, 1.82) is 0 Å². The van der Waals surface area contributed by atoms with E-state index < -0.39 is 23.2 Å². The fourth-order valence-electron chi connectivity index (χ4n) is 4.73. The van der Waals surface area contributed by atoms with E-state index in [2.05, 4.69) is 10.3 Å². The van der Waals surface area contributed by atoms with Crippen LogP contribution in [-0.4, -0.2) is 29.4 Å². The molecule has 154 valence electrons. The Balaban J connectivity index is 1.60. The first-order chi connectivity index (χ1) is 14.4. The Hall–Kier alpha value is -3.06. The van der Waals surface area contributed by atoms with Gasteiger partial charge in [-0.2, -0.15) is 0 Å². The van der Waals surface area contributed by atoms with Gasteiger partial charge in [0.2, 0.25) is 0 Å². The molecule has 0 bridgehead atoms.